The van der Waals surface area contributed by atoms with Gasteiger partial charge in [-0.3, -0.25) is 0 Å². The lowest BCUT2D eigenvalue weighted by molar-refractivity contribution is 0.408. The summed E-state index contributed by atoms with van der Waals surface area (Å²) < 4.78 is 6.16. The molecular formula is C9H12BrNO. The molecule has 1 aromatic carbocycles. The van der Waals surface area contributed by atoms with Crippen LogP contribution in [0, 0.1) is 13.8 Å². The maximum atomic E-state index is 5.76. The van der Waals surface area contributed by atoms with Gasteiger partial charge in [0.15, 0.2) is 0 Å². The van der Waals surface area contributed by atoms with Gasteiger partial charge in [-0.1, -0.05) is 0 Å². The van der Waals surface area contributed by atoms with Crippen molar-refractivity contribution in [1.29, 1.82) is 0 Å². The predicted molar refractivity (Wildman–Crippen MR) is 54.6 cm³/mol. The third kappa shape index (κ3) is 1.41. The van der Waals surface area contributed by atoms with Crippen molar-refractivity contribution in [2.75, 3.05) is 12.8 Å². The first-order valence-electron chi connectivity index (χ1n) is 3.67. The number of nitrogen functional groups attached to an aromatic ring is 1. The maximum Gasteiger partial charge on any atom is 0.136 e. The van der Waals surface area contributed by atoms with E-state index < -0.39 is 0 Å². The minimum atomic E-state index is 0.792. The van der Waals surface area contributed by atoms with E-state index in [9.17, 15) is 0 Å². The van der Waals surface area contributed by atoms with Crippen LogP contribution in [0.3, 0.4) is 0 Å². The predicted octanol–water partition coefficient (Wildman–Crippen LogP) is 2.66. The summed E-state index contributed by atoms with van der Waals surface area (Å²) in [6.45, 7) is 3.93. The van der Waals surface area contributed by atoms with Gasteiger partial charge in [-0.05, 0) is 47.0 Å². The number of rotatable bonds is 1. The Morgan fingerprint density at radius 2 is 2.00 bits per heavy atom. The fourth-order valence-corrected chi connectivity index (χ4v) is 1.83. The SMILES string of the molecule is COc1c(C)cc(N)c(C)c1Br. The molecule has 66 valence electrons. The molecule has 1 aromatic rings. The number of aryl methyl sites for hydroxylation is 1. The molecule has 0 atom stereocenters. The number of halogens is 1. The van der Waals surface area contributed by atoms with Gasteiger partial charge in [0.05, 0.1) is 11.6 Å². The number of nitrogens with two attached hydrogens (primary N) is 1. The summed E-state index contributed by atoms with van der Waals surface area (Å²) in [7, 11) is 1.66. The minimum Gasteiger partial charge on any atom is -0.495 e. The van der Waals surface area contributed by atoms with Crippen molar-refractivity contribution >= 4 is 21.6 Å². The van der Waals surface area contributed by atoms with Crippen molar-refractivity contribution in [2.24, 2.45) is 0 Å². The zero-order valence-electron chi connectivity index (χ0n) is 7.44. The Hall–Kier alpha value is -0.700. The summed E-state index contributed by atoms with van der Waals surface area (Å²) in [5, 5.41) is 0. The maximum absolute atomic E-state index is 5.76. The van der Waals surface area contributed by atoms with Gasteiger partial charge in [-0.15, -0.1) is 0 Å². The van der Waals surface area contributed by atoms with Crippen LogP contribution in [0.4, 0.5) is 5.69 Å². The van der Waals surface area contributed by atoms with Gasteiger partial charge >= 0.3 is 0 Å². The van der Waals surface area contributed by atoms with Gasteiger partial charge in [0.2, 0.25) is 0 Å². The molecule has 0 saturated heterocycles. The van der Waals surface area contributed by atoms with E-state index in [1.165, 1.54) is 0 Å². The molecule has 0 aliphatic carbocycles. The standard InChI is InChI=1S/C9H12BrNO/c1-5-4-7(11)6(2)8(10)9(5)12-3/h4H,11H2,1-3H3. The lowest BCUT2D eigenvalue weighted by atomic mass is 10.1. The molecule has 1 rings (SSSR count). The lowest BCUT2D eigenvalue weighted by Crippen LogP contribution is -1.96. The zero-order chi connectivity index (χ0) is 9.30. The summed E-state index contributed by atoms with van der Waals surface area (Å²) in [5.74, 6) is 0.863. The number of benzene rings is 1. The summed E-state index contributed by atoms with van der Waals surface area (Å²) in [6.07, 6.45) is 0. The van der Waals surface area contributed by atoms with Crippen LogP contribution in [0.15, 0.2) is 10.5 Å². The molecule has 12 heavy (non-hydrogen) atoms. The molecule has 0 bridgehead atoms. The van der Waals surface area contributed by atoms with E-state index in [0.29, 0.717) is 0 Å². The number of methoxy groups -OCH3 is 1. The number of ether oxygens (including phenoxy) is 1. The average molecular weight is 230 g/mol. The molecule has 0 aromatic heterocycles. The monoisotopic (exact) mass is 229 g/mol. The Morgan fingerprint density at radius 3 is 2.50 bits per heavy atom. The van der Waals surface area contributed by atoms with Crippen LogP contribution in [0.2, 0.25) is 0 Å². The van der Waals surface area contributed by atoms with Crippen LogP contribution in [-0.4, -0.2) is 7.11 Å². The van der Waals surface area contributed by atoms with Gasteiger partial charge in [-0.25, -0.2) is 0 Å². The second kappa shape index (κ2) is 3.35. The van der Waals surface area contributed by atoms with E-state index in [0.717, 1.165) is 27.0 Å². The second-order valence-corrected chi connectivity index (χ2v) is 3.55. The van der Waals surface area contributed by atoms with Gasteiger partial charge in [-0.2, -0.15) is 0 Å². The van der Waals surface area contributed by atoms with Crippen molar-refractivity contribution in [3.63, 3.8) is 0 Å². The molecule has 0 aliphatic rings. The first-order valence-corrected chi connectivity index (χ1v) is 4.46. The van der Waals surface area contributed by atoms with Crippen molar-refractivity contribution in [2.45, 2.75) is 13.8 Å². The fourth-order valence-electron chi connectivity index (χ4n) is 1.13. The van der Waals surface area contributed by atoms with E-state index in [2.05, 4.69) is 15.9 Å². The number of anilines is 1. The molecule has 0 radical (unpaired) electrons. The Morgan fingerprint density at radius 1 is 1.42 bits per heavy atom. The number of hydrogen-bond donors (Lipinski definition) is 1. The Kier molecular flexibility index (Phi) is 2.62. The first kappa shape index (κ1) is 9.39. The molecule has 0 unspecified atom stereocenters. The summed E-state index contributed by atoms with van der Waals surface area (Å²) in [6, 6.07) is 1.92. The van der Waals surface area contributed by atoms with E-state index >= 15 is 0 Å². The molecule has 0 saturated carbocycles. The van der Waals surface area contributed by atoms with Crippen LogP contribution in [0.5, 0.6) is 5.75 Å². The van der Waals surface area contributed by atoms with Crippen LogP contribution in [-0.2, 0) is 0 Å². The molecule has 0 heterocycles. The summed E-state index contributed by atoms with van der Waals surface area (Å²) in [5.41, 5.74) is 8.63. The van der Waals surface area contributed by atoms with Gasteiger partial charge < -0.3 is 10.5 Å². The number of hydrogen-bond acceptors (Lipinski definition) is 2. The third-order valence-electron chi connectivity index (χ3n) is 1.90. The van der Waals surface area contributed by atoms with Crippen molar-refractivity contribution in [3.05, 3.63) is 21.7 Å². The van der Waals surface area contributed by atoms with Gasteiger partial charge in [0.25, 0.3) is 0 Å². The van der Waals surface area contributed by atoms with Crippen LogP contribution in [0.25, 0.3) is 0 Å². The molecule has 0 fully saturated rings. The Bertz CT molecular complexity index is 310. The average Bonchev–Trinajstić information content (AvgIpc) is 2.01. The largest absolute Gasteiger partial charge is 0.495 e. The third-order valence-corrected chi connectivity index (χ3v) is 2.85. The van der Waals surface area contributed by atoms with E-state index in [4.69, 9.17) is 10.5 Å². The zero-order valence-corrected chi connectivity index (χ0v) is 9.03. The molecule has 0 spiro atoms. The van der Waals surface area contributed by atoms with E-state index in [1.54, 1.807) is 7.11 Å². The van der Waals surface area contributed by atoms with Crippen LogP contribution in [0.1, 0.15) is 11.1 Å². The van der Waals surface area contributed by atoms with Crippen LogP contribution >= 0.6 is 15.9 Å². The molecule has 0 aliphatic heterocycles. The van der Waals surface area contributed by atoms with Gasteiger partial charge in [0, 0.05) is 5.69 Å². The molecule has 2 nitrogen and oxygen atoms in total. The van der Waals surface area contributed by atoms with Crippen LogP contribution < -0.4 is 10.5 Å². The summed E-state index contributed by atoms with van der Waals surface area (Å²) >= 11 is 3.44. The lowest BCUT2D eigenvalue weighted by Gasteiger charge is -2.11. The highest BCUT2D eigenvalue weighted by atomic mass is 79.9. The molecule has 3 heteroatoms. The highest BCUT2D eigenvalue weighted by molar-refractivity contribution is 9.10. The van der Waals surface area contributed by atoms with Crippen molar-refractivity contribution in [1.82, 2.24) is 0 Å². The highest BCUT2D eigenvalue weighted by Crippen LogP contribution is 2.34. The Balaban J connectivity index is 3.40. The van der Waals surface area contributed by atoms with Crippen molar-refractivity contribution in [3.8, 4) is 5.75 Å². The topological polar surface area (TPSA) is 35.2 Å². The fraction of sp³-hybridized carbons (Fsp3) is 0.333. The smallest absolute Gasteiger partial charge is 0.136 e. The quantitative estimate of drug-likeness (QED) is 0.752. The molecule has 0 amide bonds. The van der Waals surface area contributed by atoms with E-state index in [-0.39, 0.29) is 0 Å². The highest BCUT2D eigenvalue weighted by Gasteiger charge is 2.09. The molecular weight excluding hydrogens is 218 g/mol. The van der Waals surface area contributed by atoms with Gasteiger partial charge in [0.1, 0.15) is 5.75 Å². The normalized spacial score (nSPS) is 10.0. The second-order valence-electron chi connectivity index (χ2n) is 2.75. The summed E-state index contributed by atoms with van der Waals surface area (Å²) in [4.78, 5) is 0. The van der Waals surface area contributed by atoms with E-state index in [1.807, 2.05) is 19.9 Å². The molecule has 2 N–H and O–H groups in total. The first-order chi connectivity index (χ1) is 5.57. The van der Waals surface area contributed by atoms with Crippen molar-refractivity contribution < 1.29 is 4.74 Å². The Labute approximate surface area is 80.8 Å². The minimum absolute atomic E-state index is 0.792.